The van der Waals surface area contributed by atoms with Crippen molar-refractivity contribution in [2.24, 2.45) is 0 Å². The standard InChI is InChI=1S/C16H25N3O/c1-11(2)19-8-6-14(7-9-19)18-16(20)13-4-5-15(17)12(3)10-13/h4-5,10-11,14H,6-9,17H2,1-3H3,(H,18,20). The average molecular weight is 275 g/mol. The van der Waals surface area contributed by atoms with Crippen molar-refractivity contribution in [1.29, 1.82) is 0 Å². The minimum absolute atomic E-state index is 0.0103. The fourth-order valence-electron chi connectivity index (χ4n) is 2.65. The summed E-state index contributed by atoms with van der Waals surface area (Å²) in [6.07, 6.45) is 2.05. The highest BCUT2D eigenvalue weighted by atomic mass is 16.1. The third-order valence-corrected chi connectivity index (χ3v) is 4.13. The maximum atomic E-state index is 12.2. The van der Waals surface area contributed by atoms with E-state index in [0.717, 1.165) is 37.2 Å². The molecule has 1 fully saturated rings. The predicted molar refractivity (Wildman–Crippen MR) is 82.8 cm³/mol. The van der Waals surface area contributed by atoms with Crippen molar-refractivity contribution in [3.05, 3.63) is 29.3 Å². The number of benzene rings is 1. The summed E-state index contributed by atoms with van der Waals surface area (Å²) in [5, 5.41) is 3.13. The lowest BCUT2D eigenvalue weighted by atomic mass is 10.0. The van der Waals surface area contributed by atoms with Crippen LogP contribution >= 0.6 is 0 Å². The second-order valence-corrected chi connectivity index (χ2v) is 5.95. The van der Waals surface area contributed by atoms with E-state index in [1.54, 1.807) is 12.1 Å². The molecule has 0 spiro atoms. The maximum Gasteiger partial charge on any atom is 0.251 e. The van der Waals surface area contributed by atoms with Crippen molar-refractivity contribution < 1.29 is 4.79 Å². The molecule has 1 aliphatic rings. The maximum absolute atomic E-state index is 12.2. The van der Waals surface area contributed by atoms with Crippen LogP contribution in [0, 0.1) is 6.92 Å². The first-order valence-corrected chi connectivity index (χ1v) is 7.38. The highest BCUT2D eigenvalue weighted by molar-refractivity contribution is 5.95. The number of amides is 1. The summed E-state index contributed by atoms with van der Waals surface area (Å²) in [4.78, 5) is 14.7. The van der Waals surface area contributed by atoms with Gasteiger partial charge in [0.1, 0.15) is 0 Å². The van der Waals surface area contributed by atoms with Crippen molar-refractivity contribution in [3.63, 3.8) is 0 Å². The van der Waals surface area contributed by atoms with E-state index < -0.39 is 0 Å². The number of anilines is 1. The van der Waals surface area contributed by atoms with Crippen LogP contribution in [-0.2, 0) is 0 Å². The van der Waals surface area contributed by atoms with E-state index in [9.17, 15) is 4.79 Å². The van der Waals surface area contributed by atoms with Crippen LogP contribution < -0.4 is 11.1 Å². The van der Waals surface area contributed by atoms with Crippen molar-refractivity contribution in [1.82, 2.24) is 10.2 Å². The fourth-order valence-corrected chi connectivity index (χ4v) is 2.65. The normalized spacial score (nSPS) is 17.4. The first kappa shape index (κ1) is 14.9. The van der Waals surface area contributed by atoms with Gasteiger partial charge in [-0.25, -0.2) is 0 Å². The van der Waals surface area contributed by atoms with E-state index in [1.807, 2.05) is 13.0 Å². The predicted octanol–water partition coefficient (Wildman–Crippen LogP) is 2.18. The van der Waals surface area contributed by atoms with E-state index >= 15 is 0 Å². The number of likely N-dealkylation sites (tertiary alicyclic amines) is 1. The molecule has 0 radical (unpaired) electrons. The average Bonchev–Trinajstić information content (AvgIpc) is 2.42. The van der Waals surface area contributed by atoms with Crippen molar-refractivity contribution in [3.8, 4) is 0 Å². The fraction of sp³-hybridized carbons (Fsp3) is 0.562. The SMILES string of the molecule is Cc1cc(C(=O)NC2CCN(C(C)C)CC2)ccc1N. The Morgan fingerprint density at radius 2 is 2.00 bits per heavy atom. The van der Waals surface area contributed by atoms with Gasteiger partial charge in [0.05, 0.1) is 0 Å². The van der Waals surface area contributed by atoms with Gasteiger partial charge in [0.25, 0.3) is 5.91 Å². The molecule has 1 aliphatic heterocycles. The van der Waals surface area contributed by atoms with Crippen LogP contribution in [0.1, 0.15) is 42.6 Å². The molecule has 110 valence electrons. The largest absolute Gasteiger partial charge is 0.399 e. The molecule has 0 unspecified atom stereocenters. The Kier molecular flexibility index (Phi) is 4.65. The first-order valence-electron chi connectivity index (χ1n) is 7.38. The van der Waals surface area contributed by atoms with Gasteiger partial charge >= 0.3 is 0 Å². The first-order chi connectivity index (χ1) is 9.47. The molecule has 2 rings (SSSR count). The Bertz CT molecular complexity index is 477. The summed E-state index contributed by atoms with van der Waals surface area (Å²) >= 11 is 0. The molecule has 0 saturated carbocycles. The molecule has 3 N–H and O–H groups in total. The monoisotopic (exact) mass is 275 g/mol. The molecule has 4 heteroatoms. The Morgan fingerprint density at radius 3 is 2.55 bits per heavy atom. The van der Waals surface area contributed by atoms with Gasteiger partial charge in [0, 0.05) is 36.4 Å². The molecule has 20 heavy (non-hydrogen) atoms. The Balaban J connectivity index is 1.91. The quantitative estimate of drug-likeness (QED) is 0.831. The second kappa shape index (κ2) is 6.27. The molecule has 1 aromatic rings. The van der Waals surface area contributed by atoms with Crippen LogP contribution in [0.3, 0.4) is 0 Å². The van der Waals surface area contributed by atoms with Crippen molar-refractivity contribution in [2.45, 2.75) is 45.7 Å². The molecular formula is C16H25N3O. The number of rotatable bonds is 3. The number of nitrogens with two attached hydrogens (primary N) is 1. The van der Waals surface area contributed by atoms with E-state index in [4.69, 9.17) is 5.73 Å². The van der Waals surface area contributed by atoms with E-state index in [0.29, 0.717) is 11.6 Å². The van der Waals surface area contributed by atoms with E-state index in [2.05, 4.69) is 24.1 Å². The van der Waals surface area contributed by atoms with Gasteiger partial charge in [-0.1, -0.05) is 0 Å². The molecule has 0 aliphatic carbocycles. The van der Waals surface area contributed by atoms with E-state index in [1.165, 1.54) is 0 Å². The zero-order valence-corrected chi connectivity index (χ0v) is 12.6. The van der Waals surface area contributed by atoms with Gasteiger partial charge in [-0.15, -0.1) is 0 Å². The van der Waals surface area contributed by atoms with Crippen LogP contribution in [0.5, 0.6) is 0 Å². The minimum Gasteiger partial charge on any atom is -0.399 e. The van der Waals surface area contributed by atoms with Gasteiger partial charge < -0.3 is 16.0 Å². The summed E-state index contributed by atoms with van der Waals surface area (Å²) in [7, 11) is 0. The molecule has 0 aromatic heterocycles. The van der Waals surface area contributed by atoms with Gasteiger partial charge in [-0.3, -0.25) is 4.79 Å². The van der Waals surface area contributed by atoms with Crippen LogP contribution in [0.15, 0.2) is 18.2 Å². The lowest BCUT2D eigenvalue weighted by molar-refractivity contribution is 0.0900. The molecule has 1 aromatic carbocycles. The summed E-state index contributed by atoms with van der Waals surface area (Å²) in [6.45, 7) is 8.48. The third kappa shape index (κ3) is 3.51. The van der Waals surface area contributed by atoms with Gasteiger partial charge in [-0.05, 0) is 57.4 Å². The van der Waals surface area contributed by atoms with Crippen LogP contribution in [0.4, 0.5) is 5.69 Å². The zero-order valence-electron chi connectivity index (χ0n) is 12.6. The highest BCUT2D eigenvalue weighted by Crippen LogP contribution is 2.15. The lowest BCUT2D eigenvalue weighted by Gasteiger charge is -2.34. The summed E-state index contributed by atoms with van der Waals surface area (Å²) in [5.41, 5.74) is 8.16. The van der Waals surface area contributed by atoms with Crippen molar-refractivity contribution in [2.75, 3.05) is 18.8 Å². The van der Waals surface area contributed by atoms with Crippen molar-refractivity contribution >= 4 is 11.6 Å². The molecule has 1 amide bonds. The van der Waals surface area contributed by atoms with Gasteiger partial charge in [0.15, 0.2) is 0 Å². The number of hydrogen-bond donors (Lipinski definition) is 2. The number of nitrogen functional groups attached to an aromatic ring is 1. The summed E-state index contributed by atoms with van der Waals surface area (Å²) in [5.74, 6) is 0.0103. The second-order valence-electron chi connectivity index (χ2n) is 5.95. The molecule has 0 bridgehead atoms. The Morgan fingerprint density at radius 1 is 1.35 bits per heavy atom. The molecular weight excluding hydrogens is 250 g/mol. The lowest BCUT2D eigenvalue weighted by Crippen LogP contribution is -2.46. The highest BCUT2D eigenvalue weighted by Gasteiger charge is 2.22. The molecule has 1 saturated heterocycles. The number of carbonyl (C=O) groups excluding carboxylic acids is 1. The Hall–Kier alpha value is -1.55. The van der Waals surface area contributed by atoms with E-state index in [-0.39, 0.29) is 11.9 Å². The number of piperidine rings is 1. The molecule has 4 nitrogen and oxygen atoms in total. The minimum atomic E-state index is 0.0103. The van der Waals surface area contributed by atoms with Crippen LogP contribution in [-0.4, -0.2) is 36.0 Å². The Labute approximate surface area is 121 Å². The number of hydrogen-bond acceptors (Lipinski definition) is 3. The summed E-state index contributed by atoms with van der Waals surface area (Å²) in [6, 6.07) is 6.32. The van der Waals surface area contributed by atoms with Gasteiger partial charge in [0.2, 0.25) is 0 Å². The third-order valence-electron chi connectivity index (χ3n) is 4.13. The van der Waals surface area contributed by atoms with Crippen LogP contribution in [0.2, 0.25) is 0 Å². The topological polar surface area (TPSA) is 58.4 Å². The number of carbonyl (C=O) groups is 1. The molecule has 1 heterocycles. The number of nitrogens with one attached hydrogen (secondary N) is 1. The smallest absolute Gasteiger partial charge is 0.251 e. The summed E-state index contributed by atoms with van der Waals surface area (Å²) < 4.78 is 0. The van der Waals surface area contributed by atoms with Crippen LogP contribution in [0.25, 0.3) is 0 Å². The molecule has 0 atom stereocenters. The number of aryl methyl sites for hydroxylation is 1. The number of nitrogens with zero attached hydrogens (tertiary/aromatic N) is 1. The zero-order chi connectivity index (χ0) is 14.7. The van der Waals surface area contributed by atoms with Gasteiger partial charge in [-0.2, -0.15) is 0 Å².